The number of likely N-dealkylation sites (N-methyl/N-ethyl adjacent to an activating group) is 1. The molecule has 1 aliphatic rings. The third kappa shape index (κ3) is 1.38. The summed E-state index contributed by atoms with van der Waals surface area (Å²) in [5, 5.41) is 2.52. The first-order valence-corrected chi connectivity index (χ1v) is 5.55. The minimum absolute atomic E-state index is 0.787. The molecule has 0 saturated carbocycles. The van der Waals surface area contributed by atoms with E-state index in [4.69, 9.17) is 4.74 Å². The van der Waals surface area contributed by atoms with Crippen molar-refractivity contribution in [2.75, 3.05) is 20.2 Å². The van der Waals surface area contributed by atoms with E-state index in [9.17, 15) is 0 Å². The molecule has 0 amide bonds. The van der Waals surface area contributed by atoms with Gasteiger partial charge in [0.05, 0.1) is 5.56 Å². The zero-order valence-electron chi connectivity index (χ0n) is 9.31. The molecule has 2 nitrogen and oxygen atoms in total. The zero-order chi connectivity index (χ0) is 11.0. The molecule has 0 fully saturated rings. The summed E-state index contributed by atoms with van der Waals surface area (Å²) in [6.45, 7) is 1.76. The predicted molar refractivity (Wildman–Crippen MR) is 65.1 cm³/mol. The number of rotatable bonds is 1. The van der Waals surface area contributed by atoms with Crippen LogP contribution in [-0.2, 0) is 4.74 Å². The van der Waals surface area contributed by atoms with E-state index in [1.165, 1.54) is 16.3 Å². The molecule has 0 aromatic heterocycles. The molecule has 16 heavy (non-hydrogen) atoms. The Bertz CT molecular complexity index is 566. The number of hydrogen-bond acceptors (Lipinski definition) is 1. The van der Waals surface area contributed by atoms with E-state index < -0.39 is 0 Å². The zero-order valence-corrected chi connectivity index (χ0v) is 9.31. The van der Waals surface area contributed by atoms with Gasteiger partial charge in [-0.15, -0.1) is 0 Å². The molecule has 3 rings (SSSR count). The van der Waals surface area contributed by atoms with Crippen molar-refractivity contribution in [3.8, 4) is 0 Å². The van der Waals surface area contributed by atoms with Crippen LogP contribution < -0.4 is 0 Å². The third-order valence-corrected chi connectivity index (χ3v) is 3.03. The lowest BCUT2D eigenvalue weighted by Gasteiger charge is -2.03. The van der Waals surface area contributed by atoms with Crippen LogP contribution in [0.15, 0.2) is 42.5 Å². The Morgan fingerprint density at radius 1 is 1.06 bits per heavy atom. The molecule has 1 heterocycles. The summed E-state index contributed by atoms with van der Waals surface area (Å²) in [6.07, 6.45) is 0. The van der Waals surface area contributed by atoms with Gasteiger partial charge in [-0.2, -0.15) is 4.58 Å². The Hall–Kier alpha value is -1.83. The average Bonchev–Trinajstić information content (AvgIpc) is 2.75. The molecule has 1 aliphatic heterocycles. The van der Waals surface area contributed by atoms with Gasteiger partial charge >= 0.3 is 5.90 Å². The summed E-state index contributed by atoms with van der Waals surface area (Å²) in [5.41, 5.74) is 1.19. The lowest BCUT2D eigenvalue weighted by atomic mass is 10.0. The standard InChI is InChI=1S/C14H14NO/c1-15-9-10-16-14(15)13-8-4-6-11-5-2-3-7-12(11)13/h2-8H,9-10H2,1H3/q+1. The van der Waals surface area contributed by atoms with Gasteiger partial charge in [-0.05, 0) is 16.8 Å². The van der Waals surface area contributed by atoms with Gasteiger partial charge in [0, 0.05) is 0 Å². The van der Waals surface area contributed by atoms with Gasteiger partial charge in [-0.3, -0.25) is 0 Å². The second kappa shape index (κ2) is 3.63. The molecule has 2 aromatic carbocycles. The van der Waals surface area contributed by atoms with Crippen molar-refractivity contribution in [1.82, 2.24) is 0 Å². The van der Waals surface area contributed by atoms with Gasteiger partial charge in [0.2, 0.25) is 0 Å². The van der Waals surface area contributed by atoms with E-state index in [-0.39, 0.29) is 0 Å². The molecule has 0 aliphatic carbocycles. The number of benzene rings is 2. The molecule has 80 valence electrons. The van der Waals surface area contributed by atoms with Crippen molar-refractivity contribution in [1.29, 1.82) is 0 Å². The highest BCUT2D eigenvalue weighted by Gasteiger charge is 2.23. The smallest absolute Gasteiger partial charge is 0.370 e. The maximum Gasteiger partial charge on any atom is 0.370 e. The molecule has 0 N–H and O–H groups in total. The summed E-state index contributed by atoms with van der Waals surface area (Å²) in [5.74, 6) is 0.997. The van der Waals surface area contributed by atoms with Crippen LogP contribution in [0.1, 0.15) is 5.56 Å². The molecular weight excluding hydrogens is 198 g/mol. The van der Waals surface area contributed by atoms with Crippen molar-refractivity contribution in [2.45, 2.75) is 0 Å². The topological polar surface area (TPSA) is 12.2 Å². The Balaban J connectivity index is 2.28. The second-order valence-corrected chi connectivity index (χ2v) is 4.10. The highest BCUT2D eigenvalue weighted by Crippen LogP contribution is 2.20. The Morgan fingerprint density at radius 2 is 1.88 bits per heavy atom. The van der Waals surface area contributed by atoms with Crippen LogP contribution in [0.4, 0.5) is 0 Å². The van der Waals surface area contributed by atoms with Crippen molar-refractivity contribution in [2.24, 2.45) is 0 Å². The van der Waals surface area contributed by atoms with Crippen LogP contribution >= 0.6 is 0 Å². The molecule has 0 unspecified atom stereocenters. The summed E-state index contributed by atoms with van der Waals surface area (Å²) in [4.78, 5) is 0. The first-order chi connectivity index (χ1) is 7.86. The van der Waals surface area contributed by atoms with Gasteiger partial charge in [0.25, 0.3) is 0 Å². The van der Waals surface area contributed by atoms with Crippen molar-refractivity contribution in [3.63, 3.8) is 0 Å². The first-order valence-electron chi connectivity index (χ1n) is 5.55. The first kappa shape index (κ1) is 9.40. The highest BCUT2D eigenvalue weighted by atomic mass is 16.5. The average molecular weight is 212 g/mol. The molecule has 0 atom stereocenters. The Kier molecular flexibility index (Phi) is 2.13. The normalized spacial score (nSPS) is 15.6. The van der Waals surface area contributed by atoms with Gasteiger partial charge in [0.15, 0.2) is 13.2 Å². The van der Waals surface area contributed by atoms with Crippen LogP contribution in [-0.4, -0.2) is 30.7 Å². The van der Waals surface area contributed by atoms with Gasteiger partial charge in [-0.1, -0.05) is 36.4 Å². The number of hydrogen-bond donors (Lipinski definition) is 0. The van der Waals surface area contributed by atoms with Crippen molar-refractivity contribution in [3.05, 3.63) is 48.0 Å². The van der Waals surface area contributed by atoms with E-state index in [0.717, 1.165) is 19.0 Å². The molecule has 0 radical (unpaired) electrons. The number of ether oxygens (including phenoxy) is 1. The molecular formula is C14H14NO+. The Labute approximate surface area is 94.8 Å². The van der Waals surface area contributed by atoms with E-state index in [1.807, 2.05) is 0 Å². The largest absolute Gasteiger partial charge is 0.438 e. The second-order valence-electron chi connectivity index (χ2n) is 4.10. The summed E-state index contributed by atoms with van der Waals surface area (Å²) in [7, 11) is 2.07. The maximum absolute atomic E-state index is 5.70. The quantitative estimate of drug-likeness (QED) is 0.660. The SMILES string of the molecule is C[N+]1=C(c2cccc3ccccc23)OCC1. The lowest BCUT2D eigenvalue weighted by Crippen LogP contribution is -2.12. The maximum atomic E-state index is 5.70. The van der Waals surface area contributed by atoms with Gasteiger partial charge in [-0.25, -0.2) is 0 Å². The number of nitrogens with zero attached hydrogens (tertiary/aromatic N) is 1. The van der Waals surface area contributed by atoms with E-state index in [0.29, 0.717) is 0 Å². The van der Waals surface area contributed by atoms with Crippen LogP contribution in [0.5, 0.6) is 0 Å². The fourth-order valence-corrected chi connectivity index (χ4v) is 2.19. The van der Waals surface area contributed by atoms with Gasteiger partial charge < -0.3 is 4.74 Å². The van der Waals surface area contributed by atoms with Crippen LogP contribution in [0.25, 0.3) is 10.8 Å². The highest BCUT2D eigenvalue weighted by molar-refractivity contribution is 6.05. The molecule has 0 bridgehead atoms. The predicted octanol–water partition coefficient (Wildman–Crippen LogP) is 2.26. The number of fused-ring (bicyclic) bond motifs is 1. The van der Waals surface area contributed by atoms with Gasteiger partial charge in [0.1, 0.15) is 7.05 Å². The summed E-state index contributed by atoms with van der Waals surface area (Å²) in [6, 6.07) is 14.8. The van der Waals surface area contributed by atoms with Crippen molar-refractivity contribution < 1.29 is 9.31 Å². The van der Waals surface area contributed by atoms with Crippen LogP contribution in [0.2, 0.25) is 0 Å². The third-order valence-electron chi connectivity index (χ3n) is 3.03. The fourth-order valence-electron chi connectivity index (χ4n) is 2.19. The van der Waals surface area contributed by atoms with Crippen LogP contribution in [0.3, 0.4) is 0 Å². The van der Waals surface area contributed by atoms with E-state index >= 15 is 0 Å². The molecule has 2 aromatic rings. The van der Waals surface area contributed by atoms with E-state index in [1.54, 1.807) is 0 Å². The summed E-state index contributed by atoms with van der Waals surface area (Å²) < 4.78 is 7.87. The monoisotopic (exact) mass is 212 g/mol. The van der Waals surface area contributed by atoms with E-state index in [2.05, 4.69) is 54.1 Å². The lowest BCUT2D eigenvalue weighted by molar-refractivity contribution is -0.486. The molecule has 0 spiro atoms. The summed E-state index contributed by atoms with van der Waals surface area (Å²) >= 11 is 0. The van der Waals surface area contributed by atoms with Crippen molar-refractivity contribution >= 4 is 16.7 Å². The fraction of sp³-hybridized carbons (Fsp3) is 0.214. The molecule has 2 heteroatoms. The Morgan fingerprint density at radius 3 is 2.69 bits per heavy atom. The van der Waals surface area contributed by atoms with Crippen LogP contribution in [0, 0.1) is 0 Å². The minimum atomic E-state index is 0.787. The molecule has 0 saturated heterocycles. The minimum Gasteiger partial charge on any atom is -0.438 e.